The molecule has 0 spiro atoms. The zero-order valence-corrected chi connectivity index (χ0v) is 16.1. The van der Waals surface area contributed by atoms with Gasteiger partial charge in [-0.25, -0.2) is 4.79 Å². The Morgan fingerprint density at radius 1 is 1.22 bits per heavy atom. The monoisotopic (exact) mass is 392 g/mol. The summed E-state index contributed by atoms with van der Waals surface area (Å²) in [5.41, 5.74) is -1.50. The van der Waals surface area contributed by atoms with E-state index >= 15 is 0 Å². The number of carboxylic acids is 1. The van der Waals surface area contributed by atoms with E-state index in [1.165, 1.54) is 42.8 Å². The zero-order valence-electron chi connectivity index (χ0n) is 15.3. The number of thioether (sulfide) groups is 1. The van der Waals surface area contributed by atoms with Gasteiger partial charge in [0.25, 0.3) is 11.8 Å². The second-order valence-electron chi connectivity index (χ2n) is 7.07. The van der Waals surface area contributed by atoms with Crippen molar-refractivity contribution < 1.29 is 29.0 Å². The first-order chi connectivity index (χ1) is 12.6. The van der Waals surface area contributed by atoms with Crippen LogP contribution < -0.4 is 10.1 Å². The number of hydrogen-bond donors (Lipinski definition) is 2. The van der Waals surface area contributed by atoms with E-state index in [1.807, 2.05) is 0 Å². The van der Waals surface area contributed by atoms with E-state index in [9.17, 15) is 24.3 Å². The van der Waals surface area contributed by atoms with E-state index in [0.29, 0.717) is 5.75 Å². The summed E-state index contributed by atoms with van der Waals surface area (Å²) < 4.78 is 4.25. The van der Waals surface area contributed by atoms with Crippen LogP contribution >= 0.6 is 11.8 Å². The molecule has 2 fully saturated rings. The summed E-state index contributed by atoms with van der Waals surface area (Å²) in [5.74, 6) is -2.37. The Kier molecular flexibility index (Phi) is 4.46. The molecule has 2 heterocycles. The lowest BCUT2D eigenvalue weighted by atomic mass is 9.81. The number of aliphatic carboxylic acids is 1. The lowest BCUT2D eigenvalue weighted by Gasteiger charge is -2.51. The number of methoxy groups -OCH3 is 1. The summed E-state index contributed by atoms with van der Waals surface area (Å²) in [6.45, 7) is 4.64. The summed E-state index contributed by atoms with van der Waals surface area (Å²) in [5, 5.41) is 11.3. The lowest BCUT2D eigenvalue weighted by Crippen LogP contribution is -2.82. The van der Waals surface area contributed by atoms with Crippen molar-refractivity contribution in [1.82, 2.24) is 10.2 Å². The van der Waals surface area contributed by atoms with Crippen molar-refractivity contribution in [2.75, 3.05) is 7.11 Å². The largest absolute Gasteiger partial charge is 0.497 e. The fraction of sp³-hybridized carbons (Fsp3) is 0.444. The summed E-state index contributed by atoms with van der Waals surface area (Å²) >= 11 is 1.21. The molecule has 27 heavy (non-hydrogen) atoms. The van der Waals surface area contributed by atoms with Gasteiger partial charge in [-0.1, -0.05) is 0 Å². The number of carboxylic acid groups (broad SMARTS) is 1. The molecule has 1 aromatic carbocycles. The molecular formula is C18H20N2O6S. The summed E-state index contributed by atoms with van der Waals surface area (Å²) in [6.07, 6.45) is 0. The maximum atomic E-state index is 12.9. The number of rotatable bonds is 5. The number of carbonyl (C=O) groups excluding carboxylic acids is 3. The number of β-lactam (4-membered cyclic amide) rings is 1. The van der Waals surface area contributed by atoms with Gasteiger partial charge in [0, 0.05) is 10.3 Å². The van der Waals surface area contributed by atoms with E-state index in [4.69, 9.17) is 4.74 Å². The van der Waals surface area contributed by atoms with Gasteiger partial charge in [0.05, 0.1) is 7.11 Å². The molecule has 1 unspecified atom stereocenters. The molecule has 3 rings (SSSR count). The van der Waals surface area contributed by atoms with Crippen molar-refractivity contribution in [2.45, 2.75) is 42.5 Å². The smallest absolute Gasteiger partial charge is 0.327 e. The number of benzene rings is 1. The Hall–Kier alpha value is -2.55. The number of nitrogens with zero attached hydrogens (tertiary/aromatic N) is 1. The fourth-order valence-corrected chi connectivity index (χ4v) is 5.33. The predicted molar refractivity (Wildman–Crippen MR) is 97.6 cm³/mol. The first kappa shape index (κ1) is 19.2. The van der Waals surface area contributed by atoms with Crippen LogP contribution in [0.2, 0.25) is 0 Å². The van der Waals surface area contributed by atoms with Crippen LogP contribution in [0.25, 0.3) is 0 Å². The van der Waals surface area contributed by atoms with Gasteiger partial charge in [-0.05, 0) is 45.0 Å². The van der Waals surface area contributed by atoms with Crippen LogP contribution in [-0.2, 0) is 14.4 Å². The fourth-order valence-electron chi connectivity index (χ4n) is 3.58. The van der Waals surface area contributed by atoms with Crippen LogP contribution in [0, 0.1) is 0 Å². The van der Waals surface area contributed by atoms with Crippen molar-refractivity contribution in [3.8, 4) is 5.75 Å². The summed E-state index contributed by atoms with van der Waals surface area (Å²) in [7, 11) is 1.50. The molecule has 0 aromatic heterocycles. The topological polar surface area (TPSA) is 113 Å². The number of ketones is 1. The molecule has 0 radical (unpaired) electrons. The molecule has 2 saturated heterocycles. The average molecular weight is 392 g/mol. The second-order valence-corrected chi connectivity index (χ2v) is 8.81. The zero-order chi connectivity index (χ0) is 20.1. The highest BCUT2D eigenvalue weighted by atomic mass is 32.2. The maximum absolute atomic E-state index is 12.9. The van der Waals surface area contributed by atoms with Gasteiger partial charge in [0.15, 0.2) is 5.78 Å². The third-order valence-corrected chi connectivity index (χ3v) is 6.63. The number of hydrogen-bond acceptors (Lipinski definition) is 6. The van der Waals surface area contributed by atoms with Gasteiger partial charge >= 0.3 is 5.97 Å². The van der Waals surface area contributed by atoms with Crippen molar-refractivity contribution >= 4 is 35.3 Å². The lowest BCUT2D eigenvalue weighted by molar-refractivity contribution is -0.170. The Bertz CT molecular complexity index is 837. The molecule has 9 heteroatoms. The normalized spacial score (nSPS) is 28.1. The minimum Gasteiger partial charge on any atom is -0.497 e. The molecule has 2 aliphatic rings. The number of fused-ring (bicyclic) bond motifs is 1. The van der Waals surface area contributed by atoms with Gasteiger partial charge in [-0.15, -0.1) is 11.8 Å². The van der Waals surface area contributed by atoms with Crippen LogP contribution in [0.3, 0.4) is 0 Å². The average Bonchev–Trinajstić information content (AvgIpc) is 2.88. The van der Waals surface area contributed by atoms with E-state index in [-0.39, 0.29) is 5.56 Å². The summed E-state index contributed by atoms with van der Waals surface area (Å²) in [6, 6.07) is 5.17. The molecule has 2 amide bonds. The van der Waals surface area contributed by atoms with E-state index in [1.54, 1.807) is 26.0 Å². The molecule has 8 nitrogen and oxygen atoms in total. The number of ether oxygens (including phenoxy) is 1. The molecule has 0 saturated carbocycles. The van der Waals surface area contributed by atoms with Crippen molar-refractivity contribution in [2.24, 2.45) is 0 Å². The third-order valence-electron chi connectivity index (χ3n) is 5.00. The summed E-state index contributed by atoms with van der Waals surface area (Å²) in [4.78, 5) is 50.8. The first-order valence-electron chi connectivity index (χ1n) is 8.27. The molecule has 0 bridgehead atoms. The molecule has 2 N–H and O–H groups in total. The minimum absolute atomic E-state index is 0.264. The minimum atomic E-state index is -1.76. The van der Waals surface area contributed by atoms with Crippen LogP contribution in [0.1, 0.15) is 31.1 Å². The van der Waals surface area contributed by atoms with E-state index in [0.717, 1.165) is 0 Å². The van der Waals surface area contributed by atoms with Gasteiger partial charge in [0.1, 0.15) is 17.2 Å². The second kappa shape index (κ2) is 6.26. The highest BCUT2D eigenvalue weighted by Gasteiger charge is 2.74. The van der Waals surface area contributed by atoms with Crippen molar-refractivity contribution in [3.05, 3.63) is 29.8 Å². The van der Waals surface area contributed by atoms with E-state index in [2.05, 4.69) is 5.32 Å². The van der Waals surface area contributed by atoms with Gasteiger partial charge in [-0.3, -0.25) is 14.4 Å². The predicted octanol–water partition coefficient (Wildman–Crippen LogP) is 0.900. The van der Waals surface area contributed by atoms with E-state index < -0.39 is 45.3 Å². The molecular weight excluding hydrogens is 372 g/mol. The Morgan fingerprint density at radius 2 is 1.81 bits per heavy atom. The highest BCUT2D eigenvalue weighted by Crippen LogP contribution is 2.55. The Morgan fingerprint density at radius 3 is 2.30 bits per heavy atom. The van der Waals surface area contributed by atoms with Crippen molar-refractivity contribution in [3.63, 3.8) is 0 Å². The quantitative estimate of drug-likeness (QED) is 0.565. The molecule has 1 aromatic rings. The SMILES string of the molecule is COc1ccc(C(=O)NC2(C(C)=O)C(=O)N3[C@@H](C(=O)O)C(C)(C)S[C@@H]32)cc1. The maximum Gasteiger partial charge on any atom is 0.327 e. The van der Waals surface area contributed by atoms with Crippen LogP contribution in [0.15, 0.2) is 24.3 Å². The van der Waals surface area contributed by atoms with Gasteiger partial charge in [0.2, 0.25) is 5.54 Å². The van der Waals surface area contributed by atoms with Crippen molar-refractivity contribution in [1.29, 1.82) is 0 Å². The third kappa shape index (κ3) is 2.68. The number of nitrogens with one attached hydrogen (secondary N) is 1. The number of amides is 2. The van der Waals surface area contributed by atoms with Crippen LogP contribution in [-0.4, -0.2) is 62.4 Å². The van der Waals surface area contributed by atoms with Crippen LogP contribution in [0.4, 0.5) is 0 Å². The molecule has 144 valence electrons. The Labute approximate surface area is 160 Å². The molecule has 0 aliphatic carbocycles. The number of carbonyl (C=O) groups is 4. The standard InChI is InChI=1S/C18H20N2O6S/c1-9(21)18(19-13(22)10-5-7-11(26-4)8-6-10)15(25)20-12(14(23)24)17(2,3)27-16(18)20/h5-8,12,16H,1-4H3,(H,19,22)(H,23,24)/t12-,16+,18?/m0/s1. The highest BCUT2D eigenvalue weighted by molar-refractivity contribution is 8.01. The van der Waals surface area contributed by atoms with Crippen LogP contribution in [0.5, 0.6) is 5.75 Å². The first-order valence-corrected chi connectivity index (χ1v) is 9.15. The van der Waals surface area contributed by atoms with Gasteiger partial charge < -0.3 is 20.1 Å². The Balaban J connectivity index is 1.92. The van der Waals surface area contributed by atoms with Gasteiger partial charge in [-0.2, -0.15) is 0 Å². The molecule has 2 aliphatic heterocycles. The number of Topliss-reactive ketones (excluding diaryl/α,β-unsaturated/α-hetero) is 1. The molecule has 3 atom stereocenters.